The maximum Gasteiger partial charge on any atom is 0.376 e. The van der Waals surface area contributed by atoms with Crippen LogP contribution in [0.3, 0.4) is 0 Å². The fourth-order valence-corrected chi connectivity index (χ4v) is 1.89. The SMILES string of the molecule is COC(=O)c1nc(C)cc(NC2CCCOC2)n1. The molecule has 0 bridgehead atoms. The van der Waals surface area contributed by atoms with E-state index in [-0.39, 0.29) is 11.9 Å². The molecule has 6 nitrogen and oxygen atoms in total. The lowest BCUT2D eigenvalue weighted by Gasteiger charge is -2.23. The first kappa shape index (κ1) is 12.8. The van der Waals surface area contributed by atoms with Crippen LogP contribution in [-0.4, -0.2) is 42.3 Å². The van der Waals surface area contributed by atoms with Crippen LogP contribution in [-0.2, 0) is 9.47 Å². The molecule has 1 fully saturated rings. The highest BCUT2D eigenvalue weighted by atomic mass is 16.5. The van der Waals surface area contributed by atoms with E-state index < -0.39 is 5.97 Å². The highest BCUT2D eigenvalue weighted by Crippen LogP contribution is 2.13. The molecule has 0 saturated carbocycles. The van der Waals surface area contributed by atoms with Crippen LogP contribution in [0, 0.1) is 6.92 Å². The van der Waals surface area contributed by atoms with E-state index in [0.29, 0.717) is 12.4 Å². The average molecular weight is 251 g/mol. The predicted molar refractivity (Wildman–Crippen MR) is 65.6 cm³/mol. The van der Waals surface area contributed by atoms with Crippen molar-refractivity contribution in [1.82, 2.24) is 9.97 Å². The molecule has 2 heterocycles. The molecule has 1 saturated heterocycles. The lowest BCUT2D eigenvalue weighted by Crippen LogP contribution is -2.30. The minimum Gasteiger partial charge on any atom is -0.463 e. The van der Waals surface area contributed by atoms with Crippen LogP contribution >= 0.6 is 0 Å². The van der Waals surface area contributed by atoms with Crippen LogP contribution < -0.4 is 5.32 Å². The molecule has 0 aliphatic carbocycles. The zero-order valence-corrected chi connectivity index (χ0v) is 10.6. The van der Waals surface area contributed by atoms with E-state index in [2.05, 4.69) is 20.0 Å². The monoisotopic (exact) mass is 251 g/mol. The Morgan fingerprint density at radius 3 is 3.06 bits per heavy atom. The third-order valence-corrected chi connectivity index (χ3v) is 2.73. The second-order valence-corrected chi connectivity index (χ2v) is 4.27. The second kappa shape index (κ2) is 5.77. The standard InChI is InChI=1S/C12H17N3O3/c1-8-6-10(14-9-4-3-5-18-7-9)15-11(13-8)12(16)17-2/h6,9H,3-5,7H2,1-2H3,(H,13,14,15). The van der Waals surface area contributed by atoms with Crippen molar-refractivity contribution in [2.24, 2.45) is 0 Å². The van der Waals surface area contributed by atoms with Crippen molar-refractivity contribution in [2.45, 2.75) is 25.8 Å². The van der Waals surface area contributed by atoms with Crippen molar-refractivity contribution in [3.05, 3.63) is 17.6 Å². The Bertz CT molecular complexity index is 431. The normalized spacial score (nSPS) is 19.3. The minimum absolute atomic E-state index is 0.0803. The van der Waals surface area contributed by atoms with Crippen molar-refractivity contribution in [2.75, 3.05) is 25.6 Å². The van der Waals surface area contributed by atoms with Crippen LogP contribution in [0.4, 0.5) is 5.82 Å². The Morgan fingerprint density at radius 2 is 2.39 bits per heavy atom. The van der Waals surface area contributed by atoms with E-state index in [4.69, 9.17) is 4.74 Å². The van der Waals surface area contributed by atoms with Crippen molar-refractivity contribution >= 4 is 11.8 Å². The maximum absolute atomic E-state index is 11.4. The summed E-state index contributed by atoms with van der Waals surface area (Å²) in [5.41, 5.74) is 0.727. The van der Waals surface area contributed by atoms with Gasteiger partial charge in [0.25, 0.3) is 0 Å². The summed E-state index contributed by atoms with van der Waals surface area (Å²) in [4.78, 5) is 19.6. The van der Waals surface area contributed by atoms with Crippen molar-refractivity contribution in [1.29, 1.82) is 0 Å². The summed E-state index contributed by atoms with van der Waals surface area (Å²) in [6, 6.07) is 2.04. The number of aromatic nitrogens is 2. The quantitative estimate of drug-likeness (QED) is 0.813. The van der Waals surface area contributed by atoms with Crippen LogP contribution in [0.1, 0.15) is 29.2 Å². The van der Waals surface area contributed by atoms with Crippen LogP contribution in [0.15, 0.2) is 6.07 Å². The van der Waals surface area contributed by atoms with Gasteiger partial charge in [0.2, 0.25) is 5.82 Å². The van der Waals surface area contributed by atoms with Crippen molar-refractivity contribution < 1.29 is 14.3 Å². The summed E-state index contributed by atoms with van der Waals surface area (Å²) in [5.74, 6) is 0.191. The third-order valence-electron chi connectivity index (χ3n) is 2.73. The molecule has 0 spiro atoms. The van der Waals surface area contributed by atoms with Gasteiger partial charge in [-0.05, 0) is 19.8 Å². The van der Waals surface area contributed by atoms with Crippen LogP contribution in [0.25, 0.3) is 0 Å². The van der Waals surface area contributed by atoms with Gasteiger partial charge in [-0.3, -0.25) is 0 Å². The Balaban J connectivity index is 2.11. The Kier molecular flexibility index (Phi) is 4.09. The molecule has 0 aromatic carbocycles. The summed E-state index contributed by atoms with van der Waals surface area (Å²) in [5, 5.41) is 3.26. The van der Waals surface area contributed by atoms with Crippen LogP contribution in [0.5, 0.6) is 0 Å². The number of hydrogen-bond acceptors (Lipinski definition) is 6. The number of nitrogens with zero attached hydrogens (tertiary/aromatic N) is 2. The molecule has 1 atom stereocenters. The fourth-order valence-electron chi connectivity index (χ4n) is 1.89. The van der Waals surface area contributed by atoms with E-state index in [1.54, 1.807) is 6.07 Å². The number of esters is 1. The fraction of sp³-hybridized carbons (Fsp3) is 0.583. The number of methoxy groups -OCH3 is 1. The maximum atomic E-state index is 11.4. The summed E-state index contributed by atoms with van der Waals surface area (Å²) in [6.45, 7) is 3.29. The molecule has 1 aliphatic heterocycles. The van der Waals surface area contributed by atoms with E-state index in [1.165, 1.54) is 7.11 Å². The first-order valence-electron chi connectivity index (χ1n) is 5.97. The lowest BCUT2D eigenvalue weighted by molar-refractivity contribution is 0.0586. The molecule has 98 valence electrons. The number of ether oxygens (including phenoxy) is 2. The third kappa shape index (κ3) is 3.16. The van der Waals surface area contributed by atoms with Crippen LogP contribution in [0.2, 0.25) is 0 Å². The van der Waals surface area contributed by atoms with Gasteiger partial charge in [0.1, 0.15) is 5.82 Å². The van der Waals surface area contributed by atoms with Gasteiger partial charge in [0.05, 0.1) is 19.8 Å². The largest absolute Gasteiger partial charge is 0.463 e. The van der Waals surface area contributed by atoms with Gasteiger partial charge in [-0.15, -0.1) is 0 Å². The van der Waals surface area contributed by atoms with E-state index >= 15 is 0 Å². The number of carbonyl (C=O) groups is 1. The highest BCUT2D eigenvalue weighted by Gasteiger charge is 2.16. The lowest BCUT2D eigenvalue weighted by atomic mass is 10.1. The number of nitrogens with one attached hydrogen (secondary N) is 1. The molecule has 6 heteroatoms. The number of anilines is 1. The van der Waals surface area contributed by atoms with E-state index in [0.717, 1.165) is 25.1 Å². The highest BCUT2D eigenvalue weighted by molar-refractivity contribution is 5.85. The predicted octanol–water partition coefficient (Wildman–Crippen LogP) is 1.16. The zero-order chi connectivity index (χ0) is 13.0. The van der Waals surface area contributed by atoms with E-state index in [9.17, 15) is 4.79 Å². The minimum atomic E-state index is -0.526. The first-order chi connectivity index (χ1) is 8.69. The first-order valence-corrected chi connectivity index (χ1v) is 5.97. The number of carbonyl (C=O) groups excluding carboxylic acids is 1. The molecule has 1 aromatic rings. The van der Waals surface area contributed by atoms with Gasteiger partial charge < -0.3 is 14.8 Å². The summed E-state index contributed by atoms with van der Waals surface area (Å²) >= 11 is 0. The Morgan fingerprint density at radius 1 is 1.56 bits per heavy atom. The summed E-state index contributed by atoms with van der Waals surface area (Å²) < 4.78 is 10.0. The summed E-state index contributed by atoms with van der Waals surface area (Å²) in [6.07, 6.45) is 2.07. The Hall–Kier alpha value is -1.69. The molecule has 1 aromatic heterocycles. The molecule has 18 heavy (non-hydrogen) atoms. The molecule has 1 unspecified atom stereocenters. The second-order valence-electron chi connectivity index (χ2n) is 4.27. The van der Waals surface area contributed by atoms with Gasteiger partial charge in [0.15, 0.2) is 0 Å². The van der Waals surface area contributed by atoms with Gasteiger partial charge in [-0.25, -0.2) is 14.8 Å². The molecule has 2 rings (SSSR count). The van der Waals surface area contributed by atoms with Gasteiger partial charge >= 0.3 is 5.97 Å². The summed E-state index contributed by atoms with van der Waals surface area (Å²) in [7, 11) is 1.32. The molecular weight excluding hydrogens is 234 g/mol. The molecular formula is C12H17N3O3. The smallest absolute Gasteiger partial charge is 0.376 e. The van der Waals surface area contributed by atoms with E-state index in [1.807, 2.05) is 6.92 Å². The number of aryl methyl sites for hydroxylation is 1. The topological polar surface area (TPSA) is 73.3 Å². The van der Waals surface area contributed by atoms with Gasteiger partial charge in [0, 0.05) is 18.4 Å². The molecule has 1 N–H and O–H groups in total. The number of hydrogen-bond donors (Lipinski definition) is 1. The number of rotatable bonds is 3. The van der Waals surface area contributed by atoms with Gasteiger partial charge in [-0.1, -0.05) is 0 Å². The molecule has 1 aliphatic rings. The average Bonchev–Trinajstić information content (AvgIpc) is 2.38. The Labute approximate surface area is 106 Å². The zero-order valence-electron chi connectivity index (χ0n) is 10.6. The van der Waals surface area contributed by atoms with Crippen molar-refractivity contribution in [3.63, 3.8) is 0 Å². The molecule has 0 amide bonds. The van der Waals surface area contributed by atoms with Gasteiger partial charge in [-0.2, -0.15) is 0 Å². The van der Waals surface area contributed by atoms with Crippen molar-refractivity contribution in [3.8, 4) is 0 Å². The molecule has 0 radical (unpaired) electrons.